The van der Waals surface area contributed by atoms with Crippen molar-refractivity contribution in [2.24, 2.45) is 0 Å². The Labute approximate surface area is 223 Å². The van der Waals surface area contributed by atoms with Gasteiger partial charge in [-0.2, -0.15) is 0 Å². The summed E-state index contributed by atoms with van der Waals surface area (Å²) >= 11 is 1.57. The van der Waals surface area contributed by atoms with Crippen LogP contribution in [0.3, 0.4) is 0 Å². The van der Waals surface area contributed by atoms with Crippen molar-refractivity contribution in [1.29, 1.82) is 0 Å². The van der Waals surface area contributed by atoms with Gasteiger partial charge in [-0.25, -0.2) is 22.8 Å². The zero-order chi connectivity index (χ0) is 27.4. The quantitative estimate of drug-likeness (QED) is 0.314. The van der Waals surface area contributed by atoms with Gasteiger partial charge in [-0.3, -0.25) is 4.57 Å². The molecule has 39 heavy (non-hydrogen) atoms. The number of hydrogen-bond donors (Lipinski definition) is 2. The average molecular weight is 558 g/mol. The average Bonchev–Trinajstić information content (AvgIpc) is 3.64. The molecule has 1 fully saturated rings. The first-order valence-corrected chi connectivity index (χ1v) is 12.9. The van der Waals surface area contributed by atoms with Crippen molar-refractivity contribution in [3.8, 4) is 16.9 Å². The fraction of sp³-hybridized carbons (Fsp3) is 0.320. The maximum Gasteiger partial charge on any atom is 0.194 e. The first-order chi connectivity index (χ1) is 18.7. The number of ether oxygens (including phenoxy) is 1. The topological polar surface area (TPSA) is 124 Å². The molecule has 5 aromatic rings. The first-order valence-electron chi connectivity index (χ1n) is 12.0. The lowest BCUT2D eigenvalue weighted by Crippen LogP contribution is -2.45. The van der Waals surface area contributed by atoms with Gasteiger partial charge < -0.3 is 14.9 Å². The van der Waals surface area contributed by atoms with E-state index in [0.29, 0.717) is 11.6 Å². The molecule has 0 saturated carbocycles. The molecule has 2 N–H and O–H groups in total. The summed E-state index contributed by atoms with van der Waals surface area (Å²) in [6.07, 6.45) is -1.31. The van der Waals surface area contributed by atoms with E-state index in [9.17, 15) is 23.4 Å². The van der Waals surface area contributed by atoms with E-state index in [2.05, 4.69) is 25.5 Å². The highest BCUT2D eigenvalue weighted by atomic mass is 32.1. The molecule has 0 aliphatic carbocycles. The molecule has 10 nitrogen and oxygen atoms in total. The SMILES string of the molecule is Cc1nc2ccc(-n3c(C)nnc3[C@H]3C[C@@H](n4cc(-c5cc(F)c(F)c(F)c5)nn4)[C@@H](O)[C@@H](CO)O3)cc2s1. The molecular weight excluding hydrogens is 535 g/mol. The predicted octanol–water partition coefficient (Wildman–Crippen LogP) is 3.59. The van der Waals surface area contributed by atoms with Gasteiger partial charge in [0, 0.05) is 12.0 Å². The van der Waals surface area contributed by atoms with Crippen LogP contribution in [-0.4, -0.2) is 63.8 Å². The van der Waals surface area contributed by atoms with Crippen molar-refractivity contribution in [1.82, 2.24) is 34.7 Å². The summed E-state index contributed by atoms with van der Waals surface area (Å²) in [4.78, 5) is 4.50. The van der Waals surface area contributed by atoms with E-state index in [0.717, 1.165) is 33.0 Å². The second-order valence-electron chi connectivity index (χ2n) is 9.30. The van der Waals surface area contributed by atoms with Crippen LogP contribution in [0.15, 0.2) is 36.5 Å². The third-order valence-corrected chi connectivity index (χ3v) is 7.69. The lowest BCUT2D eigenvalue weighted by atomic mass is 9.95. The van der Waals surface area contributed by atoms with Gasteiger partial charge >= 0.3 is 0 Å². The molecule has 2 aromatic carbocycles. The maximum absolute atomic E-state index is 13.8. The molecule has 0 spiro atoms. The van der Waals surface area contributed by atoms with Crippen LogP contribution in [-0.2, 0) is 4.74 Å². The monoisotopic (exact) mass is 557 g/mol. The molecule has 0 radical (unpaired) electrons. The second-order valence-corrected chi connectivity index (χ2v) is 10.5. The van der Waals surface area contributed by atoms with Crippen molar-refractivity contribution in [2.45, 2.75) is 44.6 Å². The van der Waals surface area contributed by atoms with E-state index >= 15 is 0 Å². The number of aliphatic hydroxyl groups is 2. The summed E-state index contributed by atoms with van der Waals surface area (Å²) in [5.41, 5.74) is 1.75. The van der Waals surface area contributed by atoms with Crippen molar-refractivity contribution in [3.05, 3.63) is 70.6 Å². The number of aryl methyl sites for hydroxylation is 2. The summed E-state index contributed by atoms with van der Waals surface area (Å²) in [5, 5.41) is 38.5. The zero-order valence-electron chi connectivity index (χ0n) is 20.7. The number of halogens is 3. The van der Waals surface area contributed by atoms with Gasteiger partial charge in [0.25, 0.3) is 0 Å². The Hall–Kier alpha value is -3.72. The van der Waals surface area contributed by atoms with Crippen LogP contribution in [0.5, 0.6) is 0 Å². The zero-order valence-corrected chi connectivity index (χ0v) is 21.5. The molecule has 0 bridgehead atoms. The van der Waals surface area contributed by atoms with E-state index in [1.165, 1.54) is 10.9 Å². The van der Waals surface area contributed by atoms with Gasteiger partial charge in [-0.15, -0.1) is 26.6 Å². The van der Waals surface area contributed by atoms with Crippen LogP contribution in [0.4, 0.5) is 13.2 Å². The van der Waals surface area contributed by atoms with E-state index < -0.39 is 48.4 Å². The van der Waals surface area contributed by atoms with E-state index in [-0.39, 0.29) is 17.7 Å². The molecule has 4 heterocycles. The van der Waals surface area contributed by atoms with Gasteiger partial charge in [0.15, 0.2) is 23.3 Å². The fourth-order valence-electron chi connectivity index (χ4n) is 4.88. The number of aliphatic hydroxyl groups excluding tert-OH is 2. The third-order valence-electron chi connectivity index (χ3n) is 6.75. The Morgan fingerprint density at radius 3 is 2.59 bits per heavy atom. The molecule has 14 heteroatoms. The van der Waals surface area contributed by atoms with Crippen LogP contribution in [0.1, 0.15) is 35.2 Å². The third kappa shape index (κ3) is 4.48. The van der Waals surface area contributed by atoms with Crippen molar-refractivity contribution in [2.75, 3.05) is 6.61 Å². The van der Waals surface area contributed by atoms with Crippen LogP contribution in [0, 0.1) is 31.3 Å². The molecule has 3 aromatic heterocycles. The number of hydrogen-bond acceptors (Lipinski definition) is 9. The lowest BCUT2D eigenvalue weighted by molar-refractivity contribution is -0.161. The largest absolute Gasteiger partial charge is 0.394 e. The Morgan fingerprint density at radius 2 is 1.85 bits per heavy atom. The summed E-state index contributed by atoms with van der Waals surface area (Å²) < 4.78 is 51.2. The minimum absolute atomic E-state index is 0.0153. The molecule has 1 saturated heterocycles. The fourth-order valence-corrected chi connectivity index (χ4v) is 5.74. The Bertz CT molecular complexity index is 1660. The number of nitrogens with zero attached hydrogens (tertiary/aromatic N) is 7. The lowest BCUT2D eigenvalue weighted by Gasteiger charge is -2.38. The molecule has 6 rings (SSSR count). The Kier molecular flexibility index (Phi) is 6.41. The minimum Gasteiger partial charge on any atom is -0.394 e. The number of fused-ring (bicyclic) bond motifs is 1. The van der Waals surface area contributed by atoms with Crippen molar-refractivity contribution >= 4 is 21.6 Å². The highest BCUT2D eigenvalue weighted by Crippen LogP contribution is 2.38. The number of benzene rings is 2. The van der Waals surface area contributed by atoms with Crippen LogP contribution in [0.25, 0.3) is 27.2 Å². The number of aromatic nitrogens is 7. The van der Waals surface area contributed by atoms with Crippen LogP contribution < -0.4 is 0 Å². The van der Waals surface area contributed by atoms with E-state index in [4.69, 9.17) is 4.74 Å². The Balaban J connectivity index is 1.35. The van der Waals surface area contributed by atoms with Gasteiger partial charge in [-0.1, -0.05) is 5.21 Å². The van der Waals surface area contributed by atoms with Gasteiger partial charge in [-0.05, 0) is 44.2 Å². The Morgan fingerprint density at radius 1 is 1.08 bits per heavy atom. The smallest absolute Gasteiger partial charge is 0.194 e. The molecule has 4 atom stereocenters. The maximum atomic E-state index is 13.8. The van der Waals surface area contributed by atoms with Gasteiger partial charge in [0.1, 0.15) is 29.8 Å². The number of rotatable bonds is 5. The molecule has 1 aliphatic heterocycles. The van der Waals surface area contributed by atoms with Gasteiger partial charge in [0.2, 0.25) is 0 Å². The molecular formula is C25H22F3N7O3S. The summed E-state index contributed by atoms with van der Waals surface area (Å²) in [6, 6.07) is 6.71. The van der Waals surface area contributed by atoms with E-state index in [1.807, 2.05) is 36.6 Å². The molecule has 0 unspecified atom stereocenters. The predicted molar refractivity (Wildman–Crippen MR) is 134 cm³/mol. The minimum atomic E-state index is -1.58. The molecule has 1 aliphatic rings. The standard InChI is InChI=1S/C25H22F3N7O3S/c1-11-30-32-25(35(11)14-3-4-17-22(7-14)39-12(2)29-17)20-8-19(24(37)21(10-36)38-20)34-9-18(31-33-34)13-5-15(26)23(28)16(27)6-13/h3-7,9,19-21,24,36-37H,8,10H2,1-2H3/t19-,20-,21-,24-/m1/s1. The summed E-state index contributed by atoms with van der Waals surface area (Å²) in [5.74, 6) is -3.21. The van der Waals surface area contributed by atoms with Crippen molar-refractivity contribution in [3.63, 3.8) is 0 Å². The number of thiazole rings is 1. The summed E-state index contributed by atoms with van der Waals surface area (Å²) in [6.45, 7) is 3.26. The van der Waals surface area contributed by atoms with E-state index in [1.54, 1.807) is 11.3 Å². The normalized spacial score (nSPS) is 21.6. The first kappa shape index (κ1) is 25.6. The second kappa shape index (κ2) is 9.79. The van der Waals surface area contributed by atoms with Gasteiger partial charge in [0.05, 0.1) is 39.8 Å². The highest BCUT2D eigenvalue weighted by molar-refractivity contribution is 7.18. The highest BCUT2D eigenvalue weighted by Gasteiger charge is 2.41. The van der Waals surface area contributed by atoms with Crippen LogP contribution in [0.2, 0.25) is 0 Å². The summed E-state index contributed by atoms with van der Waals surface area (Å²) in [7, 11) is 0. The molecule has 202 valence electrons. The van der Waals surface area contributed by atoms with Crippen LogP contribution >= 0.6 is 11.3 Å². The van der Waals surface area contributed by atoms with Crippen molar-refractivity contribution < 1.29 is 28.1 Å². The molecule has 0 amide bonds.